The predicted octanol–water partition coefficient (Wildman–Crippen LogP) is -1.31. The summed E-state index contributed by atoms with van der Waals surface area (Å²) in [4.78, 5) is 13.3. The fourth-order valence-corrected chi connectivity index (χ4v) is 2.41. The highest BCUT2D eigenvalue weighted by molar-refractivity contribution is 5.78. The lowest BCUT2D eigenvalue weighted by Gasteiger charge is -2.39. The second-order valence-electron chi connectivity index (χ2n) is 4.42. The largest absolute Gasteiger partial charge is 0.390 e. The van der Waals surface area contributed by atoms with Crippen molar-refractivity contribution in [3.63, 3.8) is 0 Å². The van der Waals surface area contributed by atoms with Gasteiger partial charge in [-0.25, -0.2) is 0 Å². The molecule has 5 nitrogen and oxygen atoms in total. The van der Waals surface area contributed by atoms with E-state index in [0.29, 0.717) is 25.9 Å². The second kappa shape index (κ2) is 4.47. The number of aliphatic hydroxyl groups excluding tert-OH is 2. The van der Waals surface area contributed by atoms with E-state index in [4.69, 9.17) is 0 Å². The number of hydrogen-bond donors (Lipinski definition) is 3. The van der Waals surface area contributed by atoms with Crippen LogP contribution in [-0.4, -0.2) is 58.9 Å². The minimum absolute atomic E-state index is 0.0573. The molecular formula is C10H18N2O3. The molecule has 0 aromatic rings. The maximum absolute atomic E-state index is 11.2. The van der Waals surface area contributed by atoms with Crippen LogP contribution in [-0.2, 0) is 4.79 Å². The van der Waals surface area contributed by atoms with Gasteiger partial charge in [-0.1, -0.05) is 0 Å². The van der Waals surface area contributed by atoms with Gasteiger partial charge in [-0.05, 0) is 19.3 Å². The summed E-state index contributed by atoms with van der Waals surface area (Å²) in [5.74, 6) is 0.0573. The first-order valence-electron chi connectivity index (χ1n) is 5.53. The van der Waals surface area contributed by atoms with Crippen LogP contribution >= 0.6 is 0 Å². The van der Waals surface area contributed by atoms with Crippen LogP contribution in [0.15, 0.2) is 0 Å². The average Bonchev–Trinajstić information content (AvgIpc) is 2.22. The minimum Gasteiger partial charge on any atom is -0.390 e. The van der Waals surface area contributed by atoms with Crippen molar-refractivity contribution in [3.05, 3.63) is 0 Å². The van der Waals surface area contributed by atoms with E-state index >= 15 is 0 Å². The number of aliphatic hydroxyl groups is 2. The molecule has 5 heteroatoms. The van der Waals surface area contributed by atoms with E-state index in [1.54, 1.807) is 0 Å². The van der Waals surface area contributed by atoms with Gasteiger partial charge in [0.1, 0.15) is 0 Å². The Hall–Kier alpha value is -0.650. The van der Waals surface area contributed by atoms with Gasteiger partial charge in [-0.3, -0.25) is 9.69 Å². The molecule has 3 atom stereocenters. The Morgan fingerprint density at radius 3 is 2.73 bits per heavy atom. The third-order valence-electron chi connectivity index (χ3n) is 3.34. The molecular weight excluding hydrogens is 196 g/mol. The van der Waals surface area contributed by atoms with Gasteiger partial charge in [0.05, 0.1) is 18.8 Å². The molecule has 1 saturated heterocycles. The number of piperazine rings is 1. The Kier molecular flexibility index (Phi) is 3.23. The molecule has 2 fully saturated rings. The second-order valence-corrected chi connectivity index (χ2v) is 4.42. The molecule has 1 amide bonds. The van der Waals surface area contributed by atoms with E-state index in [1.165, 1.54) is 0 Å². The lowest BCUT2D eigenvalue weighted by molar-refractivity contribution is -0.126. The zero-order valence-electron chi connectivity index (χ0n) is 8.72. The van der Waals surface area contributed by atoms with Gasteiger partial charge in [0.25, 0.3) is 0 Å². The molecule has 0 bridgehead atoms. The lowest BCUT2D eigenvalue weighted by Crippen LogP contribution is -2.54. The third kappa shape index (κ3) is 2.48. The van der Waals surface area contributed by atoms with Crippen molar-refractivity contribution in [2.75, 3.05) is 19.6 Å². The van der Waals surface area contributed by atoms with Crippen LogP contribution in [0.2, 0.25) is 0 Å². The number of carbonyl (C=O) groups is 1. The Balaban J connectivity index is 1.90. The van der Waals surface area contributed by atoms with E-state index in [0.717, 1.165) is 13.0 Å². The smallest absolute Gasteiger partial charge is 0.234 e. The Labute approximate surface area is 89.1 Å². The van der Waals surface area contributed by atoms with Gasteiger partial charge >= 0.3 is 0 Å². The van der Waals surface area contributed by atoms with Gasteiger partial charge in [-0.15, -0.1) is 0 Å². The number of nitrogens with one attached hydrogen (secondary N) is 1. The van der Waals surface area contributed by atoms with E-state index in [1.807, 2.05) is 0 Å². The monoisotopic (exact) mass is 214 g/mol. The maximum atomic E-state index is 11.2. The van der Waals surface area contributed by atoms with Crippen molar-refractivity contribution in [3.8, 4) is 0 Å². The standard InChI is InChI=1S/C10H18N2O3/c13-8-2-1-7(5-9(8)14)12-4-3-11-10(15)6-12/h7-9,13-14H,1-6H2,(H,11,15)/t7-,8+,9-/m0/s1. The first-order valence-corrected chi connectivity index (χ1v) is 5.53. The van der Waals surface area contributed by atoms with Crippen LogP contribution < -0.4 is 5.32 Å². The molecule has 2 rings (SSSR count). The molecule has 0 unspecified atom stereocenters. The maximum Gasteiger partial charge on any atom is 0.234 e. The van der Waals surface area contributed by atoms with E-state index in [2.05, 4.69) is 10.2 Å². The molecule has 2 aliphatic rings. The molecule has 1 aliphatic carbocycles. The first kappa shape index (κ1) is 10.9. The molecule has 15 heavy (non-hydrogen) atoms. The Bertz CT molecular complexity index is 247. The van der Waals surface area contributed by atoms with Crippen LogP contribution in [0.5, 0.6) is 0 Å². The number of carbonyl (C=O) groups excluding carboxylic acids is 1. The van der Waals surface area contributed by atoms with Gasteiger partial charge in [-0.2, -0.15) is 0 Å². The average molecular weight is 214 g/mol. The molecule has 1 saturated carbocycles. The van der Waals surface area contributed by atoms with Crippen molar-refractivity contribution in [1.82, 2.24) is 10.2 Å². The summed E-state index contributed by atoms with van der Waals surface area (Å²) >= 11 is 0. The Morgan fingerprint density at radius 2 is 2.07 bits per heavy atom. The lowest BCUT2D eigenvalue weighted by atomic mass is 9.89. The van der Waals surface area contributed by atoms with Crippen LogP contribution in [0.3, 0.4) is 0 Å². The molecule has 0 aromatic heterocycles. The van der Waals surface area contributed by atoms with Gasteiger partial charge < -0.3 is 15.5 Å². The number of rotatable bonds is 1. The van der Waals surface area contributed by atoms with E-state index in [9.17, 15) is 15.0 Å². The van der Waals surface area contributed by atoms with Crippen molar-refractivity contribution in [1.29, 1.82) is 0 Å². The quantitative estimate of drug-likeness (QED) is 0.507. The van der Waals surface area contributed by atoms with Crippen molar-refractivity contribution in [2.24, 2.45) is 0 Å². The number of hydrogen-bond acceptors (Lipinski definition) is 4. The summed E-state index contributed by atoms with van der Waals surface area (Å²) < 4.78 is 0. The fourth-order valence-electron chi connectivity index (χ4n) is 2.41. The fraction of sp³-hybridized carbons (Fsp3) is 0.900. The topological polar surface area (TPSA) is 72.8 Å². The molecule has 1 aliphatic heterocycles. The number of amides is 1. The molecule has 86 valence electrons. The summed E-state index contributed by atoms with van der Waals surface area (Å²) in [6.07, 6.45) is 0.859. The van der Waals surface area contributed by atoms with Crippen LogP contribution in [0.4, 0.5) is 0 Å². The van der Waals surface area contributed by atoms with E-state index in [-0.39, 0.29) is 11.9 Å². The summed E-state index contributed by atoms with van der Waals surface area (Å²) in [5, 5.41) is 21.7. The van der Waals surface area contributed by atoms with Crippen LogP contribution in [0, 0.1) is 0 Å². The summed E-state index contributed by atoms with van der Waals surface area (Å²) in [6, 6.07) is 0.245. The first-order chi connectivity index (χ1) is 7.16. The molecule has 0 aromatic carbocycles. The number of nitrogens with zero attached hydrogens (tertiary/aromatic N) is 1. The minimum atomic E-state index is -0.631. The highest BCUT2D eigenvalue weighted by atomic mass is 16.3. The van der Waals surface area contributed by atoms with Crippen LogP contribution in [0.25, 0.3) is 0 Å². The van der Waals surface area contributed by atoms with Crippen molar-refractivity contribution in [2.45, 2.75) is 37.5 Å². The Morgan fingerprint density at radius 1 is 1.27 bits per heavy atom. The summed E-state index contributed by atoms with van der Waals surface area (Å²) in [7, 11) is 0. The zero-order chi connectivity index (χ0) is 10.8. The van der Waals surface area contributed by atoms with Gasteiger partial charge in [0.2, 0.25) is 5.91 Å². The molecule has 0 spiro atoms. The molecule has 1 heterocycles. The summed E-state index contributed by atoms with van der Waals surface area (Å²) in [5.41, 5.74) is 0. The van der Waals surface area contributed by atoms with E-state index < -0.39 is 12.2 Å². The highest BCUT2D eigenvalue weighted by Gasteiger charge is 2.32. The molecule has 3 N–H and O–H groups in total. The SMILES string of the molecule is O=C1CN([C@H]2CC[C@@H](O)[C@@H](O)C2)CCN1. The predicted molar refractivity (Wildman–Crippen MR) is 54.2 cm³/mol. The van der Waals surface area contributed by atoms with Gasteiger partial charge in [0.15, 0.2) is 0 Å². The van der Waals surface area contributed by atoms with Gasteiger partial charge in [0, 0.05) is 19.1 Å². The summed E-state index contributed by atoms with van der Waals surface area (Å²) in [6.45, 7) is 1.96. The highest BCUT2D eigenvalue weighted by Crippen LogP contribution is 2.23. The van der Waals surface area contributed by atoms with Crippen molar-refractivity contribution >= 4 is 5.91 Å². The zero-order valence-corrected chi connectivity index (χ0v) is 8.72. The normalized spacial score (nSPS) is 38.8. The van der Waals surface area contributed by atoms with Crippen molar-refractivity contribution < 1.29 is 15.0 Å². The van der Waals surface area contributed by atoms with Crippen LogP contribution in [0.1, 0.15) is 19.3 Å². The molecule has 0 radical (unpaired) electrons. The third-order valence-corrected chi connectivity index (χ3v) is 3.34.